The number of halogens is 1. The largest absolute Gasteiger partial charge is 0.356 e. The van der Waals surface area contributed by atoms with Gasteiger partial charge in [-0.1, -0.05) is 43.3 Å². The zero-order valence-electron chi connectivity index (χ0n) is 16.9. The Kier molecular flexibility index (Phi) is 9.62. The smallest absolute Gasteiger partial charge is 0.193 e. The molecule has 5 heteroatoms. The van der Waals surface area contributed by atoms with Crippen molar-refractivity contribution in [2.24, 2.45) is 10.9 Å². The summed E-state index contributed by atoms with van der Waals surface area (Å²) < 4.78 is 0. The molecule has 0 bridgehead atoms. The van der Waals surface area contributed by atoms with Gasteiger partial charge in [-0.2, -0.15) is 0 Å². The summed E-state index contributed by atoms with van der Waals surface area (Å²) in [5.41, 5.74) is 2.81. The van der Waals surface area contributed by atoms with E-state index in [-0.39, 0.29) is 24.0 Å². The summed E-state index contributed by atoms with van der Waals surface area (Å²) in [5.74, 6) is 1.92. The van der Waals surface area contributed by atoms with E-state index >= 15 is 0 Å². The van der Waals surface area contributed by atoms with Gasteiger partial charge in [-0.3, -0.25) is 4.99 Å². The summed E-state index contributed by atoms with van der Waals surface area (Å²) in [5, 5.41) is 3.60. The number of hydrogen-bond donors (Lipinski definition) is 1. The molecule has 0 aliphatic carbocycles. The van der Waals surface area contributed by atoms with Crippen LogP contribution in [0, 0.1) is 5.92 Å². The van der Waals surface area contributed by atoms with Gasteiger partial charge in [0.2, 0.25) is 0 Å². The summed E-state index contributed by atoms with van der Waals surface area (Å²) >= 11 is 0. The van der Waals surface area contributed by atoms with Crippen LogP contribution in [0.1, 0.15) is 38.2 Å². The maximum absolute atomic E-state index is 4.51. The molecule has 2 heterocycles. The minimum Gasteiger partial charge on any atom is -0.356 e. The molecule has 150 valence electrons. The maximum atomic E-state index is 4.51. The summed E-state index contributed by atoms with van der Waals surface area (Å²) in [6.07, 6.45) is 7.39. The molecular formula is C22H35IN4. The second kappa shape index (κ2) is 11.7. The van der Waals surface area contributed by atoms with Crippen molar-refractivity contribution in [3.05, 3.63) is 42.0 Å². The highest BCUT2D eigenvalue weighted by Gasteiger charge is 2.19. The van der Waals surface area contributed by atoms with Gasteiger partial charge in [-0.25, -0.2) is 0 Å². The van der Waals surface area contributed by atoms with E-state index in [2.05, 4.69) is 63.4 Å². The number of guanidine groups is 1. The highest BCUT2D eigenvalue weighted by atomic mass is 127. The van der Waals surface area contributed by atoms with Gasteiger partial charge < -0.3 is 15.1 Å². The molecule has 4 nitrogen and oxygen atoms in total. The highest BCUT2D eigenvalue weighted by molar-refractivity contribution is 14.0. The number of nitrogens with one attached hydrogen (secondary N) is 1. The van der Waals surface area contributed by atoms with Crippen LogP contribution < -0.4 is 5.32 Å². The Bertz CT molecular complexity index is 606. The monoisotopic (exact) mass is 482 g/mol. The maximum Gasteiger partial charge on any atom is 0.193 e. The molecule has 0 radical (unpaired) electrons. The summed E-state index contributed by atoms with van der Waals surface area (Å²) in [7, 11) is 1.90. The molecule has 2 aliphatic heterocycles. The van der Waals surface area contributed by atoms with E-state index < -0.39 is 0 Å². The first-order chi connectivity index (χ1) is 12.8. The van der Waals surface area contributed by atoms with Crippen LogP contribution in [0.4, 0.5) is 0 Å². The Morgan fingerprint density at radius 2 is 1.89 bits per heavy atom. The van der Waals surface area contributed by atoms with E-state index in [1.54, 1.807) is 0 Å². The van der Waals surface area contributed by atoms with Gasteiger partial charge in [-0.05, 0) is 62.4 Å². The molecule has 2 aliphatic rings. The molecule has 0 amide bonds. The van der Waals surface area contributed by atoms with Gasteiger partial charge in [0.15, 0.2) is 5.96 Å². The van der Waals surface area contributed by atoms with Crippen LogP contribution in [0.3, 0.4) is 0 Å². The van der Waals surface area contributed by atoms with Gasteiger partial charge in [-0.15, -0.1) is 24.0 Å². The van der Waals surface area contributed by atoms with Gasteiger partial charge >= 0.3 is 0 Å². The summed E-state index contributed by atoms with van der Waals surface area (Å²) in [6, 6.07) is 10.7. The minimum absolute atomic E-state index is 0. The summed E-state index contributed by atoms with van der Waals surface area (Å²) in [6.45, 7) is 9.03. The van der Waals surface area contributed by atoms with E-state index in [0.29, 0.717) is 0 Å². The Balaban J connectivity index is 0.00000261. The molecule has 0 unspecified atom stereocenters. The fourth-order valence-corrected chi connectivity index (χ4v) is 4.09. The Morgan fingerprint density at radius 1 is 1.15 bits per heavy atom. The lowest BCUT2D eigenvalue weighted by Crippen LogP contribution is -2.44. The van der Waals surface area contributed by atoms with Gasteiger partial charge in [0.25, 0.3) is 0 Å². The molecule has 1 aromatic carbocycles. The Hall–Kier alpha value is -1.08. The van der Waals surface area contributed by atoms with E-state index in [1.165, 1.54) is 50.0 Å². The van der Waals surface area contributed by atoms with Crippen molar-refractivity contribution in [2.45, 2.75) is 32.6 Å². The SMILES string of the molecule is CCN1CCC(CCNC(=NC)N2CC=C(c3ccccc3)CC2)CC1.I. The first kappa shape index (κ1) is 22.2. The number of benzene rings is 1. The molecular weight excluding hydrogens is 447 g/mol. The van der Waals surface area contributed by atoms with E-state index in [0.717, 1.165) is 37.9 Å². The molecule has 27 heavy (non-hydrogen) atoms. The molecule has 1 saturated heterocycles. The fraction of sp³-hybridized carbons (Fsp3) is 0.591. The molecule has 0 saturated carbocycles. The van der Waals surface area contributed by atoms with Crippen molar-refractivity contribution < 1.29 is 0 Å². The molecule has 1 fully saturated rings. The fourth-order valence-electron chi connectivity index (χ4n) is 4.09. The number of nitrogens with zero attached hydrogens (tertiary/aromatic N) is 3. The van der Waals surface area contributed by atoms with Crippen molar-refractivity contribution in [1.29, 1.82) is 0 Å². The number of piperidine rings is 1. The minimum atomic E-state index is 0. The Labute approximate surface area is 182 Å². The van der Waals surface area contributed by atoms with Crippen LogP contribution in [-0.2, 0) is 0 Å². The predicted octanol–water partition coefficient (Wildman–Crippen LogP) is 4.09. The standard InChI is InChI=1S/C22H34N4.HI/c1-3-25-15-10-19(11-16-25)9-14-24-22(23-2)26-17-12-21(13-18-26)20-7-5-4-6-8-20;/h4-8,12,19H,3,9-11,13-18H2,1-2H3,(H,23,24);1H. The number of rotatable bonds is 5. The summed E-state index contributed by atoms with van der Waals surface area (Å²) in [4.78, 5) is 9.44. The quantitative estimate of drug-likeness (QED) is 0.390. The van der Waals surface area contributed by atoms with Crippen LogP contribution in [0.25, 0.3) is 5.57 Å². The van der Waals surface area contributed by atoms with E-state index in [9.17, 15) is 0 Å². The lowest BCUT2D eigenvalue weighted by atomic mass is 9.93. The molecule has 0 aromatic heterocycles. The lowest BCUT2D eigenvalue weighted by molar-refractivity contribution is 0.187. The molecule has 0 spiro atoms. The molecule has 0 atom stereocenters. The number of hydrogen-bond acceptors (Lipinski definition) is 2. The van der Waals surface area contributed by atoms with Gasteiger partial charge in [0, 0.05) is 26.7 Å². The average molecular weight is 482 g/mol. The lowest BCUT2D eigenvalue weighted by Gasteiger charge is -2.32. The highest BCUT2D eigenvalue weighted by Crippen LogP contribution is 2.22. The van der Waals surface area contributed by atoms with Crippen molar-refractivity contribution >= 4 is 35.5 Å². The van der Waals surface area contributed by atoms with Gasteiger partial charge in [0.05, 0.1) is 0 Å². The first-order valence-corrected chi connectivity index (χ1v) is 10.2. The second-order valence-electron chi connectivity index (χ2n) is 7.43. The third-order valence-electron chi connectivity index (χ3n) is 5.86. The number of aliphatic imine (C=N–C) groups is 1. The van der Waals surface area contributed by atoms with Crippen molar-refractivity contribution in [3.8, 4) is 0 Å². The number of likely N-dealkylation sites (tertiary alicyclic amines) is 1. The zero-order valence-corrected chi connectivity index (χ0v) is 19.2. The van der Waals surface area contributed by atoms with E-state index in [1.807, 2.05) is 7.05 Å². The van der Waals surface area contributed by atoms with Crippen molar-refractivity contribution in [1.82, 2.24) is 15.1 Å². The second-order valence-corrected chi connectivity index (χ2v) is 7.43. The van der Waals surface area contributed by atoms with E-state index in [4.69, 9.17) is 0 Å². The van der Waals surface area contributed by atoms with Crippen LogP contribution in [0.15, 0.2) is 41.4 Å². The molecule has 1 aromatic rings. The third kappa shape index (κ3) is 6.49. The normalized spacial score (nSPS) is 19.4. The molecule has 3 rings (SSSR count). The average Bonchev–Trinajstić information content (AvgIpc) is 2.72. The topological polar surface area (TPSA) is 30.9 Å². The van der Waals surface area contributed by atoms with Crippen molar-refractivity contribution in [3.63, 3.8) is 0 Å². The van der Waals surface area contributed by atoms with Crippen LogP contribution in [-0.4, -0.2) is 62.1 Å². The predicted molar refractivity (Wildman–Crippen MR) is 127 cm³/mol. The third-order valence-corrected chi connectivity index (χ3v) is 5.86. The Morgan fingerprint density at radius 3 is 2.48 bits per heavy atom. The molecule has 1 N–H and O–H groups in total. The van der Waals surface area contributed by atoms with Crippen LogP contribution in [0.2, 0.25) is 0 Å². The van der Waals surface area contributed by atoms with Crippen molar-refractivity contribution in [2.75, 3.05) is 46.3 Å². The zero-order chi connectivity index (χ0) is 18.2. The first-order valence-electron chi connectivity index (χ1n) is 10.2. The van der Waals surface area contributed by atoms with Crippen LogP contribution >= 0.6 is 24.0 Å². The van der Waals surface area contributed by atoms with Gasteiger partial charge in [0.1, 0.15) is 0 Å². The van der Waals surface area contributed by atoms with Crippen LogP contribution in [0.5, 0.6) is 0 Å².